The van der Waals surface area contributed by atoms with Gasteiger partial charge in [0.15, 0.2) is 11.3 Å². The third-order valence-electron chi connectivity index (χ3n) is 3.69. The number of hydrogen-bond acceptors (Lipinski definition) is 5. The number of benzene rings is 2. The number of rotatable bonds is 4. The summed E-state index contributed by atoms with van der Waals surface area (Å²) in [6.45, 7) is 0.798. The average molecular weight is 338 g/mol. The zero-order valence-corrected chi connectivity index (χ0v) is 13.9. The standard InChI is InChI=1S/C19H18N2O4/c1-21(2)11-12-6-8-14(9-7-12)20-18(23)15-10-13-4-3-5-16(22)17(13)25-19(15)24/h3-10,22H,11H2,1-2H3,(H,20,23). The van der Waals surface area contributed by atoms with E-state index in [0.29, 0.717) is 11.1 Å². The third-order valence-corrected chi connectivity index (χ3v) is 3.69. The van der Waals surface area contributed by atoms with E-state index >= 15 is 0 Å². The van der Waals surface area contributed by atoms with E-state index < -0.39 is 11.5 Å². The summed E-state index contributed by atoms with van der Waals surface area (Å²) in [6.07, 6.45) is 0. The zero-order chi connectivity index (χ0) is 18.0. The van der Waals surface area contributed by atoms with E-state index in [4.69, 9.17) is 4.42 Å². The van der Waals surface area contributed by atoms with Crippen LogP contribution >= 0.6 is 0 Å². The lowest BCUT2D eigenvalue weighted by Gasteiger charge is -2.10. The minimum Gasteiger partial charge on any atom is -0.504 e. The molecule has 0 spiro atoms. The summed E-state index contributed by atoms with van der Waals surface area (Å²) in [6, 6.07) is 13.5. The van der Waals surface area contributed by atoms with Crippen molar-refractivity contribution in [1.82, 2.24) is 4.90 Å². The highest BCUT2D eigenvalue weighted by molar-refractivity contribution is 6.05. The monoisotopic (exact) mass is 338 g/mol. The van der Waals surface area contributed by atoms with Gasteiger partial charge < -0.3 is 19.7 Å². The summed E-state index contributed by atoms with van der Waals surface area (Å²) in [5.74, 6) is -0.697. The van der Waals surface area contributed by atoms with Crippen LogP contribution in [0.15, 0.2) is 57.7 Å². The smallest absolute Gasteiger partial charge is 0.349 e. The molecule has 1 amide bonds. The Hall–Kier alpha value is -3.12. The quantitative estimate of drug-likeness (QED) is 0.715. The van der Waals surface area contributed by atoms with Gasteiger partial charge in [-0.3, -0.25) is 4.79 Å². The van der Waals surface area contributed by atoms with Gasteiger partial charge >= 0.3 is 5.63 Å². The molecule has 0 saturated heterocycles. The van der Waals surface area contributed by atoms with Crippen LogP contribution in [0.4, 0.5) is 5.69 Å². The van der Waals surface area contributed by atoms with Gasteiger partial charge in [-0.25, -0.2) is 4.79 Å². The van der Waals surface area contributed by atoms with Crippen molar-refractivity contribution in [2.75, 3.05) is 19.4 Å². The van der Waals surface area contributed by atoms with Crippen molar-refractivity contribution in [3.05, 3.63) is 70.1 Å². The molecule has 0 bridgehead atoms. The Balaban J connectivity index is 1.85. The molecule has 25 heavy (non-hydrogen) atoms. The van der Waals surface area contributed by atoms with Crippen LogP contribution in [0.25, 0.3) is 11.0 Å². The Bertz CT molecular complexity index is 975. The number of hydrogen-bond donors (Lipinski definition) is 2. The molecule has 0 atom stereocenters. The molecule has 128 valence electrons. The Kier molecular flexibility index (Phi) is 4.54. The van der Waals surface area contributed by atoms with Crippen LogP contribution in [0.5, 0.6) is 5.75 Å². The van der Waals surface area contributed by atoms with Crippen molar-refractivity contribution in [1.29, 1.82) is 0 Å². The minimum atomic E-state index is -0.796. The van der Waals surface area contributed by atoms with Crippen molar-refractivity contribution in [3.8, 4) is 5.75 Å². The number of anilines is 1. The summed E-state index contributed by atoms with van der Waals surface area (Å²) >= 11 is 0. The van der Waals surface area contributed by atoms with Crippen LogP contribution in [0, 0.1) is 0 Å². The molecule has 0 fully saturated rings. The highest BCUT2D eigenvalue weighted by Crippen LogP contribution is 2.23. The predicted molar refractivity (Wildman–Crippen MR) is 95.9 cm³/mol. The van der Waals surface area contributed by atoms with Gasteiger partial charge in [0.2, 0.25) is 0 Å². The first-order valence-electron chi connectivity index (χ1n) is 7.75. The number of carbonyl (C=O) groups is 1. The highest BCUT2D eigenvalue weighted by atomic mass is 16.4. The van der Waals surface area contributed by atoms with Gasteiger partial charge in [0.1, 0.15) is 5.56 Å². The lowest BCUT2D eigenvalue weighted by atomic mass is 10.1. The summed E-state index contributed by atoms with van der Waals surface area (Å²) in [5.41, 5.74) is 0.856. The molecule has 6 heteroatoms. The van der Waals surface area contributed by atoms with Crippen LogP contribution in [0.3, 0.4) is 0 Å². The van der Waals surface area contributed by atoms with Gasteiger partial charge in [-0.15, -0.1) is 0 Å². The number of nitrogens with zero attached hydrogens (tertiary/aromatic N) is 1. The maximum absolute atomic E-state index is 12.4. The van der Waals surface area contributed by atoms with Crippen LogP contribution < -0.4 is 10.9 Å². The molecule has 1 aromatic heterocycles. The molecule has 3 rings (SSSR count). The number of aromatic hydroxyl groups is 1. The molecule has 1 heterocycles. The Labute approximate surface area is 144 Å². The Morgan fingerprint density at radius 3 is 2.56 bits per heavy atom. The molecule has 0 unspecified atom stereocenters. The first-order chi connectivity index (χ1) is 11.9. The van der Waals surface area contributed by atoms with E-state index in [0.717, 1.165) is 12.1 Å². The molecule has 0 saturated carbocycles. The molecule has 6 nitrogen and oxygen atoms in total. The maximum atomic E-state index is 12.4. The van der Waals surface area contributed by atoms with E-state index in [-0.39, 0.29) is 16.9 Å². The number of nitrogens with one attached hydrogen (secondary N) is 1. The van der Waals surface area contributed by atoms with E-state index in [2.05, 4.69) is 5.32 Å². The number of phenolic OH excluding ortho intramolecular Hbond substituents is 1. The van der Waals surface area contributed by atoms with Gasteiger partial charge in [0.05, 0.1) is 0 Å². The molecule has 0 aliphatic carbocycles. The van der Waals surface area contributed by atoms with Crippen LogP contribution in [0.2, 0.25) is 0 Å². The van der Waals surface area contributed by atoms with Crippen LogP contribution in [-0.4, -0.2) is 30.0 Å². The Morgan fingerprint density at radius 2 is 1.88 bits per heavy atom. The van der Waals surface area contributed by atoms with Gasteiger partial charge in [0, 0.05) is 17.6 Å². The lowest BCUT2D eigenvalue weighted by Crippen LogP contribution is -2.20. The summed E-state index contributed by atoms with van der Waals surface area (Å²) < 4.78 is 5.07. The fourth-order valence-electron chi connectivity index (χ4n) is 2.54. The molecule has 0 radical (unpaired) electrons. The number of phenols is 1. The van der Waals surface area contributed by atoms with Crippen molar-refractivity contribution >= 4 is 22.6 Å². The van der Waals surface area contributed by atoms with Gasteiger partial charge in [-0.2, -0.15) is 0 Å². The normalized spacial score (nSPS) is 11.0. The highest BCUT2D eigenvalue weighted by Gasteiger charge is 2.15. The molecule has 3 aromatic rings. The second kappa shape index (κ2) is 6.78. The first-order valence-corrected chi connectivity index (χ1v) is 7.75. The summed E-state index contributed by atoms with van der Waals surface area (Å²) in [5, 5.41) is 12.9. The second-order valence-corrected chi connectivity index (χ2v) is 6.03. The maximum Gasteiger partial charge on any atom is 0.349 e. The van der Waals surface area contributed by atoms with Gasteiger partial charge in [0.25, 0.3) is 5.91 Å². The molecule has 2 aromatic carbocycles. The molecular weight excluding hydrogens is 320 g/mol. The topological polar surface area (TPSA) is 82.8 Å². The number of para-hydroxylation sites is 1. The minimum absolute atomic E-state index is 0.0667. The van der Waals surface area contributed by atoms with Crippen LogP contribution in [-0.2, 0) is 6.54 Å². The van der Waals surface area contributed by atoms with Crippen LogP contribution in [0.1, 0.15) is 15.9 Å². The number of amides is 1. The van der Waals surface area contributed by atoms with Gasteiger partial charge in [-0.05, 0) is 43.9 Å². The summed E-state index contributed by atoms with van der Waals surface area (Å²) in [4.78, 5) is 26.5. The molecule has 0 aliphatic rings. The van der Waals surface area contributed by atoms with E-state index in [1.807, 2.05) is 31.1 Å². The second-order valence-electron chi connectivity index (χ2n) is 6.03. The fraction of sp³-hybridized carbons (Fsp3) is 0.158. The largest absolute Gasteiger partial charge is 0.504 e. The third kappa shape index (κ3) is 3.70. The summed E-state index contributed by atoms with van der Waals surface area (Å²) in [7, 11) is 3.96. The van der Waals surface area contributed by atoms with Gasteiger partial charge in [-0.1, -0.05) is 24.3 Å². The molecule has 2 N–H and O–H groups in total. The van der Waals surface area contributed by atoms with Crippen molar-refractivity contribution in [3.63, 3.8) is 0 Å². The SMILES string of the molecule is CN(C)Cc1ccc(NC(=O)c2cc3cccc(O)c3oc2=O)cc1. The van der Waals surface area contributed by atoms with E-state index in [9.17, 15) is 14.7 Å². The molecular formula is C19H18N2O4. The van der Waals surface area contributed by atoms with Crippen molar-refractivity contribution in [2.45, 2.75) is 6.54 Å². The van der Waals surface area contributed by atoms with Crippen molar-refractivity contribution < 1.29 is 14.3 Å². The predicted octanol–water partition coefficient (Wildman–Crippen LogP) is 2.81. The average Bonchev–Trinajstić information content (AvgIpc) is 2.56. The zero-order valence-electron chi connectivity index (χ0n) is 13.9. The first kappa shape index (κ1) is 16.7. The van der Waals surface area contributed by atoms with E-state index in [1.165, 1.54) is 12.1 Å². The number of carbonyl (C=O) groups excluding carboxylic acids is 1. The molecule has 0 aliphatic heterocycles. The van der Waals surface area contributed by atoms with Crippen molar-refractivity contribution in [2.24, 2.45) is 0 Å². The van der Waals surface area contributed by atoms with E-state index in [1.54, 1.807) is 24.3 Å². The number of fused-ring (bicyclic) bond motifs is 1. The fourth-order valence-corrected chi connectivity index (χ4v) is 2.54. The Morgan fingerprint density at radius 1 is 1.16 bits per heavy atom. The lowest BCUT2D eigenvalue weighted by molar-refractivity contribution is 0.102.